The zero-order valence-electron chi connectivity index (χ0n) is 20.7. The third kappa shape index (κ3) is 5.15. The van der Waals surface area contributed by atoms with Crippen molar-refractivity contribution >= 4 is 40.6 Å². The largest absolute Gasteiger partial charge is 0.444 e. The molecule has 1 aliphatic heterocycles. The number of carbonyl (C=O) groups excluding carboxylic acids is 3. The normalized spacial score (nSPS) is 13.2. The Bertz CT molecular complexity index is 1470. The highest BCUT2D eigenvalue weighted by atomic mass is 16.6. The van der Waals surface area contributed by atoms with E-state index in [9.17, 15) is 14.4 Å². The van der Waals surface area contributed by atoms with Crippen LogP contribution in [0.2, 0.25) is 0 Å². The molecule has 4 aromatic rings. The molecule has 0 unspecified atom stereocenters. The maximum absolute atomic E-state index is 13.1. The Hall–Kier alpha value is -4.67. The first-order chi connectivity index (χ1) is 17.7. The van der Waals surface area contributed by atoms with Gasteiger partial charge in [0.15, 0.2) is 5.69 Å². The minimum atomic E-state index is -0.578. The summed E-state index contributed by atoms with van der Waals surface area (Å²) in [6, 6.07) is 12.9. The van der Waals surface area contributed by atoms with E-state index in [1.54, 1.807) is 11.0 Å². The number of aromatic nitrogens is 4. The van der Waals surface area contributed by atoms with Gasteiger partial charge in [0.25, 0.3) is 11.8 Å². The highest BCUT2D eigenvalue weighted by molar-refractivity contribution is 6.13. The molecule has 0 atom stereocenters. The molecule has 4 N–H and O–H groups in total. The van der Waals surface area contributed by atoms with E-state index in [-0.39, 0.29) is 23.4 Å². The van der Waals surface area contributed by atoms with Gasteiger partial charge in [-0.05, 0) is 56.5 Å². The van der Waals surface area contributed by atoms with Crippen LogP contribution in [0.3, 0.4) is 0 Å². The van der Waals surface area contributed by atoms with Crippen molar-refractivity contribution in [2.24, 2.45) is 0 Å². The summed E-state index contributed by atoms with van der Waals surface area (Å²) in [6.07, 6.45) is 1.47. The molecule has 0 bridgehead atoms. The average molecular weight is 502 g/mol. The monoisotopic (exact) mass is 501 g/mol. The van der Waals surface area contributed by atoms with Gasteiger partial charge in [-0.15, -0.1) is 0 Å². The van der Waals surface area contributed by atoms with Gasteiger partial charge in [0.05, 0.1) is 17.4 Å². The quantitative estimate of drug-likeness (QED) is 0.331. The van der Waals surface area contributed by atoms with Gasteiger partial charge < -0.3 is 24.9 Å². The van der Waals surface area contributed by atoms with E-state index < -0.39 is 17.4 Å². The van der Waals surface area contributed by atoms with Crippen LogP contribution in [0.25, 0.3) is 11.0 Å². The number of aromatic amines is 2. The fourth-order valence-corrected chi connectivity index (χ4v) is 4.21. The number of rotatable bonds is 4. The molecule has 11 nitrogen and oxygen atoms in total. The third-order valence-electron chi connectivity index (χ3n) is 5.87. The van der Waals surface area contributed by atoms with Crippen LogP contribution >= 0.6 is 0 Å². The molecule has 0 saturated carbocycles. The number of ether oxygens (including phenoxy) is 1. The molecule has 2 aromatic heterocycles. The number of hydrogen-bond acceptors (Lipinski definition) is 6. The predicted octanol–water partition coefficient (Wildman–Crippen LogP) is 4.08. The average Bonchev–Trinajstić information content (AvgIpc) is 3.50. The molecule has 0 radical (unpaired) electrons. The molecule has 190 valence electrons. The fourth-order valence-electron chi connectivity index (χ4n) is 4.21. The summed E-state index contributed by atoms with van der Waals surface area (Å²) in [7, 11) is 0. The number of benzene rings is 2. The fraction of sp³-hybridized carbons (Fsp3) is 0.269. The van der Waals surface area contributed by atoms with Gasteiger partial charge in [0.1, 0.15) is 11.3 Å². The number of fused-ring (bicyclic) bond motifs is 2. The van der Waals surface area contributed by atoms with E-state index >= 15 is 0 Å². The maximum Gasteiger partial charge on any atom is 0.410 e. The number of para-hydroxylation sites is 2. The molecule has 3 amide bonds. The van der Waals surface area contributed by atoms with Crippen LogP contribution in [-0.4, -0.2) is 54.9 Å². The number of carbonyl (C=O) groups is 3. The lowest BCUT2D eigenvalue weighted by Gasteiger charge is -2.32. The number of nitrogens with zero attached hydrogens (tertiary/aromatic N) is 3. The first-order valence-corrected chi connectivity index (χ1v) is 11.9. The van der Waals surface area contributed by atoms with Crippen LogP contribution < -0.4 is 10.6 Å². The second kappa shape index (κ2) is 9.41. The Morgan fingerprint density at radius 2 is 1.84 bits per heavy atom. The van der Waals surface area contributed by atoms with E-state index in [0.29, 0.717) is 30.7 Å². The summed E-state index contributed by atoms with van der Waals surface area (Å²) >= 11 is 0. The van der Waals surface area contributed by atoms with E-state index in [2.05, 4.69) is 30.6 Å². The topological polar surface area (TPSA) is 145 Å². The van der Waals surface area contributed by atoms with Gasteiger partial charge in [-0.25, -0.2) is 14.8 Å². The van der Waals surface area contributed by atoms with Gasteiger partial charge in [-0.1, -0.05) is 24.3 Å². The van der Waals surface area contributed by atoms with Crippen molar-refractivity contribution in [1.29, 1.82) is 0 Å². The highest BCUT2D eigenvalue weighted by Gasteiger charge is 2.28. The van der Waals surface area contributed by atoms with E-state index in [4.69, 9.17) is 4.74 Å². The molecule has 11 heteroatoms. The third-order valence-corrected chi connectivity index (χ3v) is 5.87. The SMILES string of the molecule is CC(C)(C)OC(=O)N1CCc2c(cccc2NC(=O)c2nc[nH]c2C(=O)Nc2nc3ccccc3[nH]2)C1. The molecule has 37 heavy (non-hydrogen) atoms. The first kappa shape index (κ1) is 24.0. The van der Waals surface area contributed by atoms with Crippen LogP contribution in [0.15, 0.2) is 48.8 Å². The molecular formula is C26H27N7O4. The molecule has 1 aliphatic rings. The van der Waals surface area contributed by atoms with Crippen LogP contribution in [0, 0.1) is 0 Å². The summed E-state index contributed by atoms with van der Waals surface area (Å²) in [5, 5.41) is 5.54. The van der Waals surface area contributed by atoms with Crippen LogP contribution in [-0.2, 0) is 17.7 Å². The molecule has 2 aromatic carbocycles. The van der Waals surface area contributed by atoms with Gasteiger partial charge >= 0.3 is 6.09 Å². The van der Waals surface area contributed by atoms with E-state index in [0.717, 1.165) is 16.6 Å². The number of imidazole rings is 2. The number of hydrogen-bond donors (Lipinski definition) is 4. The van der Waals surface area contributed by atoms with Crippen molar-refractivity contribution in [3.8, 4) is 0 Å². The van der Waals surface area contributed by atoms with Crippen molar-refractivity contribution in [1.82, 2.24) is 24.8 Å². The summed E-state index contributed by atoms with van der Waals surface area (Å²) in [5.74, 6) is -0.817. The number of anilines is 2. The molecule has 0 saturated heterocycles. The molecule has 3 heterocycles. The summed E-state index contributed by atoms with van der Waals surface area (Å²) in [4.78, 5) is 54.3. The zero-order valence-corrected chi connectivity index (χ0v) is 20.7. The minimum absolute atomic E-state index is 0.0128. The first-order valence-electron chi connectivity index (χ1n) is 11.9. The Labute approximate surface area is 212 Å². The van der Waals surface area contributed by atoms with Crippen LogP contribution in [0.1, 0.15) is 52.9 Å². The maximum atomic E-state index is 13.1. The standard InChI is InChI=1S/C26H27N7O4/c1-26(2,3)37-25(36)33-12-11-16-15(13-33)7-6-10-17(16)29-22(34)20-21(28-14-27-20)23(35)32-24-30-18-8-4-5-9-19(18)31-24/h4-10,14H,11-13H2,1-3H3,(H,27,28)(H,29,34)(H2,30,31,32,35). The lowest BCUT2D eigenvalue weighted by atomic mass is 9.98. The van der Waals surface area contributed by atoms with Crippen LogP contribution in [0.4, 0.5) is 16.4 Å². The minimum Gasteiger partial charge on any atom is -0.444 e. The van der Waals surface area contributed by atoms with E-state index in [1.807, 2.05) is 57.2 Å². The van der Waals surface area contributed by atoms with E-state index in [1.165, 1.54) is 6.33 Å². The summed E-state index contributed by atoms with van der Waals surface area (Å²) < 4.78 is 5.49. The second-order valence-corrected chi connectivity index (χ2v) is 9.73. The Morgan fingerprint density at radius 1 is 1.03 bits per heavy atom. The highest BCUT2D eigenvalue weighted by Crippen LogP contribution is 2.28. The lowest BCUT2D eigenvalue weighted by molar-refractivity contribution is 0.0224. The van der Waals surface area contributed by atoms with Crippen LogP contribution in [0.5, 0.6) is 0 Å². The van der Waals surface area contributed by atoms with Crippen molar-refractivity contribution in [2.45, 2.75) is 39.3 Å². The molecular weight excluding hydrogens is 474 g/mol. The Kier molecular flexibility index (Phi) is 6.12. The zero-order chi connectivity index (χ0) is 26.2. The number of H-pyrrole nitrogens is 2. The lowest BCUT2D eigenvalue weighted by Crippen LogP contribution is -2.40. The second-order valence-electron chi connectivity index (χ2n) is 9.73. The summed E-state index contributed by atoms with van der Waals surface area (Å²) in [6.45, 7) is 6.33. The molecule has 5 rings (SSSR count). The smallest absolute Gasteiger partial charge is 0.410 e. The van der Waals surface area contributed by atoms with Gasteiger partial charge in [-0.2, -0.15) is 0 Å². The Morgan fingerprint density at radius 3 is 2.62 bits per heavy atom. The van der Waals surface area contributed by atoms with Gasteiger partial charge in [-0.3, -0.25) is 14.9 Å². The predicted molar refractivity (Wildman–Crippen MR) is 137 cm³/mol. The van der Waals surface area contributed by atoms with Gasteiger partial charge in [0.2, 0.25) is 5.95 Å². The molecule has 0 fully saturated rings. The number of nitrogens with one attached hydrogen (secondary N) is 4. The van der Waals surface area contributed by atoms with Crippen molar-refractivity contribution < 1.29 is 19.1 Å². The van der Waals surface area contributed by atoms with Crippen molar-refractivity contribution in [3.63, 3.8) is 0 Å². The van der Waals surface area contributed by atoms with Crippen molar-refractivity contribution in [2.75, 3.05) is 17.2 Å². The van der Waals surface area contributed by atoms with Crippen molar-refractivity contribution in [3.05, 3.63) is 71.3 Å². The van der Waals surface area contributed by atoms with Gasteiger partial charge in [0, 0.05) is 18.8 Å². The summed E-state index contributed by atoms with van der Waals surface area (Å²) in [5.41, 5.74) is 3.33. The molecule has 0 spiro atoms. The molecule has 0 aliphatic carbocycles. The Balaban J connectivity index is 1.30. The number of amides is 3.